The first kappa shape index (κ1) is 17.7. The van der Waals surface area contributed by atoms with Gasteiger partial charge in [0.15, 0.2) is 0 Å². The average molecular weight is 373 g/mol. The summed E-state index contributed by atoms with van der Waals surface area (Å²) < 4.78 is 0. The topological polar surface area (TPSA) is 46.5 Å². The molecule has 0 bridgehead atoms. The van der Waals surface area contributed by atoms with Gasteiger partial charge in [0.05, 0.1) is 0 Å². The summed E-state index contributed by atoms with van der Waals surface area (Å²) in [6, 6.07) is 18.3. The molecule has 0 aromatic heterocycles. The molecule has 4 heteroatoms. The summed E-state index contributed by atoms with van der Waals surface area (Å²) in [5, 5.41) is 1.99. The summed E-state index contributed by atoms with van der Waals surface area (Å²) in [6.45, 7) is 4.63. The van der Waals surface area contributed by atoms with Crippen molar-refractivity contribution < 1.29 is 9.59 Å². The minimum Gasteiger partial charge on any atom is -0.266 e. The molecule has 3 nitrogen and oxygen atoms in total. The van der Waals surface area contributed by atoms with Gasteiger partial charge in [0, 0.05) is 10.5 Å². The Bertz CT molecular complexity index is 1110. The van der Waals surface area contributed by atoms with Gasteiger partial charge in [-0.25, -0.2) is 4.79 Å². The molecule has 0 spiro atoms. The number of amides is 1. The van der Waals surface area contributed by atoms with Gasteiger partial charge in [-0.1, -0.05) is 38.1 Å². The van der Waals surface area contributed by atoms with Crippen LogP contribution in [0.4, 0.5) is 0 Å². The number of carbonyl (C=O) groups excluding carboxylic acids is 2. The predicted molar refractivity (Wildman–Crippen MR) is 110 cm³/mol. The van der Waals surface area contributed by atoms with Crippen molar-refractivity contribution in [3.63, 3.8) is 0 Å². The number of fused-ring (bicyclic) bond motifs is 2. The third-order valence-electron chi connectivity index (χ3n) is 5.26. The molecule has 1 aliphatic rings. The van der Waals surface area contributed by atoms with E-state index in [1.807, 2.05) is 23.9 Å². The number of aliphatic imine (C=N–C) groups is 1. The maximum atomic E-state index is 11.7. The molecule has 27 heavy (non-hydrogen) atoms. The van der Waals surface area contributed by atoms with Crippen LogP contribution in [0.3, 0.4) is 0 Å². The van der Waals surface area contributed by atoms with Gasteiger partial charge in [0.1, 0.15) is 0 Å². The van der Waals surface area contributed by atoms with Crippen LogP contribution in [0.1, 0.15) is 36.2 Å². The van der Waals surface area contributed by atoms with E-state index < -0.39 is 5.91 Å². The first-order valence-electron chi connectivity index (χ1n) is 8.92. The first-order chi connectivity index (χ1) is 13.0. The van der Waals surface area contributed by atoms with Crippen LogP contribution in [0.2, 0.25) is 0 Å². The third-order valence-corrected chi connectivity index (χ3v) is 6.34. The molecule has 3 aromatic carbocycles. The highest BCUT2D eigenvalue weighted by Crippen LogP contribution is 2.43. The Morgan fingerprint density at radius 3 is 2.52 bits per heavy atom. The third kappa shape index (κ3) is 3.34. The number of nitrogens with zero attached hydrogens (tertiary/aromatic N) is 1. The number of carbonyl (C=O) groups is 1. The van der Waals surface area contributed by atoms with Crippen LogP contribution in [0.5, 0.6) is 0 Å². The quantitative estimate of drug-likeness (QED) is 0.424. The van der Waals surface area contributed by atoms with E-state index in [1.165, 1.54) is 34.3 Å². The van der Waals surface area contributed by atoms with Gasteiger partial charge in [-0.3, -0.25) is 4.79 Å². The molecule has 0 saturated carbocycles. The van der Waals surface area contributed by atoms with Crippen LogP contribution in [-0.4, -0.2) is 17.7 Å². The summed E-state index contributed by atoms with van der Waals surface area (Å²) in [5.74, 6) is 0.607. The second-order valence-corrected chi connectivity index (χ2v) is 8.61. The number of hydrogen-bond acceptors (Lipinski definition) is 3. The maximum absolute atomic E-state index is 11.7. The average Bonchev–Trinajstić information content (AvgIpc) is 2.67. The second kappa shape index (κ2) is 6.80. The minimum atomic E-state index is -0.564. The fraction of sp³-hybridized carbons (Fsp3) is 0.217. The summed E-state index contributed by atoms with van der Waals surface area (Å²) in [7, 11) is 0. The van der Waals surface area contributed by atoms with Crippen molar-refractivity contribution in [2.45, 2.75) is 30.6 Å². The zero-order valence-electron chi connectivity index (χ0n) is 15.3. The normalized spacial score (nSPS) is 15.0. The van der Waals surface area contributed by atoms with Crippen LogP contribution < -0.4 is 0 Å². The molecule has 0 atom stereocenters. The monoisotopic (exact) mass is 373 g/mol. The van der Waals surface area contributed by atoms with Crippen molar-refractivity contribution in [1.29, 1.82) is 0 Å². The predicted octanol–water partition coefficient (Wildman–Crippen LogP) is 5.76. The molecule has 1 amide bonds. The van der Waals surface area contributed by atoms with Crippen LogP contribution in [0.25, 0.3) is 21.9 Å². The molecule has 0 saturated heterocycles. The fourth-order valence-corrected chi connectivity index (χ4v) is 5.07. The van der Waals surface area contributed by atoms with E-state index in [1.54, 1.807) is 12.1 Å². The van der Waals surface area contributed by atoms with Crippen molar-refractivity contribution in [3.8, 4) is 11.1 Å². The lowest BCUT2D eigenvalue weighted by Crippen LogP contribution is -2.22. The number of hydrogen-bond donors (Lipinski definition) is 0. The lowest BCUT2D eigenvalue weighted by molar-refractivity contribution is 0.100. The molecule has 0 aliphatic carbocycles. The number of thioether (sulfide) groups is 1. The number of benzene rings is 3. The standard InChI is InChI=1S/C23H19NO2S/c1-23(2)9-10-27-21-8-7-18(13-20(21)23)16-3-4-17-12-19(22(26)24-14-25)6-5-15(17)11-16/h3-8,11-13H,9-10H2,1-2H3. The van der Waals surface area contributed by atoms with E-state index >= 15 is 0 Å². The van der Waals surface area contributed by atoms with E-state index in [4.69, 9.17) is 0 Å². The summed E-state index contributed by atoms with van der Waals surface area (Å²) >= 11 is 1.94. The van der Waals surface area contributed by atoms with Crippen molar-refractivity contribution in [1.82, 2.24) is 0 Å². The van der Waals surface area contributed by atoms with Crippen LogP contribution in [-0.2, 0) is 10.2 Å². The highest BCUT2D eigenvalue weighted by molar-refractivity contribution is 7.99. The Morgan fingerprint density at radius 2 is 1.70 bits per heavy atom. The molecular formula is C23H19NO2S. The Kier molecular flexibility index (Phi) is 4.47. The summed E-state index contributed by atoms with van der Waals surface area (Å²) in [6.07, 6.45) is 2.49. The lowest BCUT2D eigenvalue weighted by Gasteiger charge is -2.32. The highest BCUT2D eigenvalue weighted by atomic mass is 32.2. The molecule has 4 rings (SSSR count). The second-order valence-electron chi connectivity index (χ2n) is 7.48. The van der Waals surface area contributed by atoms with Gasteiger partial charge in [-0.05, 0) is 75.4 Å². The SMILES string of the molecule is CC1(C)CCSc2ccc(-c3ccc4cc(C(=O)N=C=O)ccc4c3)cc21. The fourth-order valence-electron chi connectivity index (χ4n) is 3.58. The lowest BCUT2D eigenvalue weighted by atomic mass is 9.80. The Hall–Kier alpha value is -2.68. The smallest absolute Gasteiger partial charge is 0.266 e. The van der Waals surface area contributed by atoms with Crippen LogP contribution in [0, 0.1) is 0 Å². The molecule has 0 N–H and O–H groups in total. The molecule has 1 aliphatic heterocycles. The van der Waals surface area contributed by atoms with Crippen molar-refractivity contribution in [2.75, 3.05) is 5.75 Å². The Morgan fingerprint density at radius 1 is 1.00 bits per heavy atom. The molecule has 0 unspecified atom stereocenters. The van der Waals surface area contributed by atoms with Crippen molar-refractivity contribution >= 4 is 34.5 Å². The molecule has 1 heterocycles. The van der Waals surface area contributed by atoms with Crippen LogP contribution in [0.15, 0.2) is 64.5 Å². The molecular weight excluding hydrogens is 354 g/mol. The van der Waals surface area contributed by atoms with Gasteiger partial charge in [-0.2, -0.15) is 0 Å². The zero-order valence-corrected chi connectivity index (χ0v) is 16.1. The van der Waals surface area contributed by atoms with Gasteiger partial charge >= 0.3 is 0 Å². The van der Waals surface area contributed by atoms with Gasteiger partial charge < -0.3 is 0 Å². The molecule has 3 aromatic rings. The molecule has 0 fully saturated rings. The van der Waals surface area contributed by atoms with E-state index in [0.717, 1.165) is 16.3 Å². The van der Waals surface area contributed by atoms with Gasteiger partial charge in [-0.15, -0.1) is 16.8 Å². The number of rotatable bonds is 2. The minimum absolute atomic E-state index is 0.196. The zero-order chi connectivity index (χ0) is 19.0. The van der Waals surface area contributed by atoms with Gasteiger partial charge in [0.25, 0.3) is 5.91 Å². The van der Waals surface area contributed by atoms with E-state index in [9.17, 15) is 9.59 Å². The maximum Gasteiger partial charge on any atom is 0.287 e. The first-order valence-corrected chi connectivity index (χ1v) is 9.90. The van der Waals surface area contributed by atoms with E-state index in [0.29, 0.717) is 5.56 Å². The number of isocyanates is 1. The van der Waals surface area contributed by atoms with E-state index in [-0.39, 0.29) is 5.41 Å². The van der Waals surface area contributed by atoms with Crippen LogP contribution >= 0.6 is 11.8 Å². The van der Waals surface area contributed by atoms with Crippen molar-refractivity contribution in [3.05, 3.63) is 65.7 Å². The van der Waals surface area contributed by atoms with Gasteiger partial charge in [0.2, 0.25) is 6.08 Å². The summed E-state index contributed by atoms with van der Waals surface area (Å²) in [5.41, 5.74) is 4.37. The Balaban J connectivity index is 1.76. The molecule has 0 radical (unpaired) electrons. The molecule has 134 valence electrons. The Labute approximate surface area is 162 Å². The largest absolute Gasteiger partial charge is 0.287 e. The summed E-state index contributed by atoms with van der Waals surface area (Å²) in [4.78, 5) is 26.6. The highest BCUT2D eigenvalue weighted by Gasteiger charge is 2.28. The van der Waals surface area contributed by atoms with Crippen molar-refractivity contribution in [2.24, 2.45) is 4.99 Å². The van der Waals surface area contributed by atoms with E-state index in [2.05, 4.69) is 49.2 Å².